The molecule has 0 aliphatic heterocycles. The van der Waals surface area contributed by atoms with Gasteiger partial charge in [-0.1, -0.05) is 18.2 Å². The zero-order chi connectivity index (χ0) is 16.2. The fourth-order valence-electron chi connectivity index (χ4n) is 2.27. The number of para-hydroxylation sites is 1. The zero-order valence-electron chi connectivity index (χ0n) is 12.1. The summed E-state index contributed by atoms with van der Waals surface area (Å²) in [6.45, 7) is 1.90. The molecule has 0 aliphatic rings. The van der Waals surface area contributed by atoms with Crippen molar-refractivity contribution in [2.24, 2.45) is 0 Å². The molecule has 0 radical (unpaired) electrons. The number of carbonyl (C=O) groups is 1. The summed E-state index contributed by atoms with van der Waals surface area (Å²) in [6.07, 6.45) is 2.66. The Balaban J connectivity index is 1.85. The number of benzene rings is 1. The van der Waals surface area contributed by atoms with E-state index in [-0.39, 0.29) is 24.1 Å². The number of amides is 1. The molecule has 8 heteroatoms. The molecule has 1 aromatic carbocycles. The highest BCUT2D eigenvalue weighted by Crippen LogP contribution is 2.19. The van der Waals surface area contributed by atoms with Gasteiger partial charge in [-0.15, -0.1) is 0 Å². The Labute approximate surface area is 132 Å². The summed E-state index contributed by atoms with van der Waals surface area (Å²) >= 11 is 0. The molecule has 1 amide bonds. The van der Waals surface area contributed by atoms with E-state index >= 15 is 0 Å². The lowest BCUT2D eigenvalue weighted by atomic mass is 10.1. The summed E-state index contributed by atoms with van der Waals surface area (Å²) in [4.78, 5) is 14.9. The molecular formula is C14H18N2O4S2. The highest BCUT2D eigenvalue weighted by atomic mass is 33.1. The van der Waals surface area contributed by atoms with E-state index < -0.39 is 9.15 Å². The molecule has 3 N–H and O–H groups in total. The molecule has 120 valence electrons. The van der Waals surface area contributed by atoms with Crippen molar-refractivity contribution < 1.29 is 17.8 Å². The number of nitrogens with one attached hydrogen (secondary N) is 2. The average molecular weight is 342 g/mol. The van der Waals surface area contributed by atoms with Crippen molar-refractivity contribution in [1.29, 1.82) is 0 Å². The number of H-pyrrole nitrogens is 1. The van der Waals surface area contributed by atoms with E-state index in [1.165, 1.54) is 0 Å². The molecule has 2 aromatic rings. The molecule has 0 saturated heterocycles. The number of hydrogen-bond acceptors (Lipinski definition) is 4. The largest absolute Gasteiger partial charge is 0.361 e. The van der Waals surface area contributed by atoms with Gasteiger partial charge in [0, 0.05) is 35.3 Å². The molecule has 1 aromatic heterocycles. The van der Waals surface area contributed by atoms with Crippen LogP contribution in [0.25, 0.3) is 10.9 Å². The second kappa shape index (κ2) is 7.17. The van der Waals surface area contributed by atoms with Gasteiger partial charge in [0.2, 0.25) is 5.91 Å². The normalized spacial score (nSPS) is 13.2. The lowest BCUT2D eigenvalue weighted by Crippen LogP contribution is -2.34. The Morgan fingerprint density at radius 3 is 2.86 bits per heavy atom. The van der Waals surface area contributed by atoms with Crippen molar-refractivity contribution in [1.82, 2.24) is 10.3 Å². The van der Waals surface area contributed by atoms with Crippen LogP contribution in [0.1, 0.15) is 18.9 Å². The maximum absolute atomic E-state index is 11.7. The minimum atomic E-state index is -4.08. The molecule has 0 aliphatic carbocycles. The molecule has 0 spiro atoms. The van der Waals surface area contributed by atoms with Crippen molar-refractivity contribution in [2.75, 3.05) is 5.75 Å². The predicted molar refractivity (Wildman–Crippen MR) is 88.2 cm³/mol. The van der Waals surface area contributed by atoms with Crippen molar-refractivity contribution in [3.63, 3.8) is 0 Å². The molecule has 1 atom stereocenters. The van der Waals surface area contributed by atoms with Crippen molar-refractivity contribution in [3.8, 4) is 0 Å². The number of aromatic nitrogens is 1. The predicted octanol–water partition coefficient (Wildman–Crippen LogP) is 2.14. The number of carbonyl (C=O) groups excluding carboxylic acids is 1. The highest BCUT2D eigenvalue weighted by molar-refractivity contribution is 8.69. The van der Waals surface area contributed by atoms with Crippen LogP contribution in [0.2, 0.25) is 0 Å². The maximum atomic E-state index is 11.7. The Hall–Kier alpha value is -1.51. The van der Waals surface area contributed by atoms with Gasteiger partial charge in [0.1, 0.15) is 0 Å². The van der Waals surface area contributed by atoms with E-state index in [0.717, 1.165) is 16.5 Å². The van der Waals surface area contributed by atoms with Gasteiger partial charge in [-0.2, -0.15) is 8.42 Å². The number of aromatic amines is 1. The van der Waals surface area contributed by atoms with E-state index in [1.54, 1.807) is 0 Å². The van der Waals surface area contributed by atoms with Crippen LogP contribution in [0.4, 0.5) is 0 Å². The van der Waals surface area contributed by atoms with Gasteiger partial charge in [0.15, 0.2) is 0 Å². The first-order valence-corrected chi connectivity index (χ1v) is 9.75. The van der Waals surface area contributed by atoms with Crippen LogP contribution >= 0.6 is 10.8 Å². The van der Waals surface area contributed by atoms with Gasteiger partial charge in [0.25, 0.3) is 0 Å². The van der Waals surface area contributed by atoms with Gasteiger partial charge in [-0.25, -0.2) is 0 Å². The summed E-state index contributed by atoms with van der Waals surface area (Å²) in [7, 11) is -3.72. The highest BCUT2D eigenvalue weighted by Gasteiger charge is 2.12. The van der Waals surface area contributed by atoms with Crippen molar-refractivity contribution in [2.45, 2.75) is 25.8 Å². The molecule has 22 heavy (non-hydrogen) atoms. The minimum Gasteiger partial charge on any atom is -0.361 e. The molecule has 0 unspecified atom stereocenters. The van der Waals surface area contributed by atoms with Crippen molar-refractivity contribution in [3.05, 3.63) is 36.0 Å². The van der Waals surface area contributed by atoms with Gasteiger partial charge in [0.05, 0.1) is 0 Å². The van der Waals surface area contributed by atoms with Crippen LogP contribution < -0.4 is 5.32 Å². The van der Waals surface area contributed by atoms with Crippen LogP contribution in [0, 0.1) is 0 Å². The maximum Gasteiger partial charge on any atom is 0.319 e. The second-order valence-electron chi connectivity index (χ2n) is 5.03. The molecule has 0 fully saturated rings. The van der Waals surface area contributed by atoms with E-state index in [1.807, 2.05) is 37.4 Å². The van der Waals surface area contributed by atoms with E-state index in [0.29, 0.717) is 17.2 Å². The Kier molecular flexibility index (Phi) is 5.49. The first-order chi connectivity index (χ1) is 10.3. The van der Waals surface area contributed by atoms with Gasteiger partial charge in [-0.3, -0.25) is 9.35 Å². The lowest BCUT2D eigenvalue weighted by molar-refractivity contribution is -0.121. The summed E-state index contributed by atoms with van der Waals surface area (Å²) in [5.74, 6) is -0.201. The number of fused-ring (bicyclic) bond motifs is 1. The SMILES string of the molecule is C[C@@H](Cc1c[nH]c2ccccc12)NC(=O)CCSS(=O)(=O)O. The van der Waals surface area contributed by atoms with Gasteiger partial charge >= 0.3 is 9.15 Å². The van der Waals surface area contributed by atoms with Crippen LogP contribution in [-0.4, -0.2) is 35.7 Å². The third-order valence-electron chi connectivity index (χ3n) is 3.17. The standard InChI is InChI=1S/C14H18N2O4S2/c1-10(16-14(17)6-7-21-22(18,19)20)8-11-9-15-13-5-3-2-4-12(11)13/h2-5,9-10,15H,6-8H2,1H3,(H,16,17)(H,18,19,20)/t10-/m0/s1. The fourth-order valence-corrected chi connectivity index (χ4v) is 3.63. The second-order valence-corrected chi connectivity index (χ2v) is 8.50. The average Bonchev–Trinajstić information content (AvgIpc) is 2.80. The zero-order valence-corrected chi connectivity index (χ0v) is 13.7. The summed E-state index contributed by atoms with van der Waals surface area (Å²) < 4.78 is 29.7. The molecule has 0 saturated carbocycles. The Bertz CT molecular complexity index is 755. The third-order valence-corrected chi connectivity index (χ3v) is 5.23. The molecule has 0 bridgehead atoms. The quantitative estimate of drug-likeness (QED) is 0.529. The summed E-state index contributed by atoms with van der Waals surface area (Å²) in [5, 5.41) is 3.96. The Morgan fingerprint density at radius 2 is 2.14 bits per heavy atom. The first kappa shape index (κ1) is 16.9. The van der Waals surface area contributed by atoms with Crippen LogP contribution in [-0.2, 0) is 20.4 Å². The van der Waals surface area contributed by atoms with Gasteiger partial charge in [-0.05, 0) is 35.8 Å². The molecular weight excluding hydrogens is 324 g/mol. The topological polar surface area (TPSA) is 99.3 Å². The monoisotopic (exact) mass is 342 g/mol. The lowest BCUT2D eigenvalue weighted by Gasteiger charge is -2.13. The van der Waals surface area contributed by atoms with Crippen LogP contribution in [0.5, 0.6) is 0 Å². The third kappa shape index (κ3) is 5.04. The number of rotatable bonds is 7. The minimum absolute atomic E-state index is 0.0322. The Morgan fingerprint density at radius 1 is 1.41 bits per heavy atom. The molecule has 6 nitrogen and oxygen atoms in total. The van der Waals surface area contributed by atoms with E-state index in [2.05, 4.69) is 10.3 Å². The van der Waals surface area contributed by atoms with E-state index in [4.69, 9.17) is 4.55 Å². The van der Waals surface area contributed by atoms with Gasteiger partial charge < -0.3 is 10.3 Å². The number of hydrogen-bond donors (Lipinski definition) is 3. The van der Waals surface area contributed by atoms with Crippen molar-refractivity contribution >= 4 is 36.8 Å². The summed E-state index contributed by atoms with van der Waals surface area (Å²) in [5.41, 5.74) is 2.18. The first-order valence-electron chi connectivity index (χ1n) is 6.81. The van der Waals surface area contributed by atoms with Crippen LogP contribution in [0.15, 0.2) is 30.5 Å². The fraction of sp³-hybridized carbons (Fsp3) is 0.357. The molecule has 2 rings (SSSR count). The summed E-state index contributed by atoms with van der Waals surface area (Å²) in [6, 6.07) is 7.88. The molecule has 1 heterocycles. The smallest absolute Gasteiger partial charge is 0.319 e. The van der Waals surface area contributed by atoms with Crippen LogP contribution in [0.3, 0.4) is 0 Å². The van der Waals surface area contributed by atoms with E-state index in [9.17, 15) is 13.2 Å².